The molecule has 3 rings (SSSR count). The number of nitrogens with one attached hydrogen (secondary N) is 1. The SMILES string of the molecule is [13CH3]c1cncc2cccc(S(=O)(=O)N3CCCNCC3)c12. The molecule has 0 spiro atoms. The van der Waals surface area contributed by atoms with E-state index >= 15 is 0 Å². The van der Waals surface area contributed by atoms with Gasteiger partial charge in [0.05, 0.1) is 4.90 Å². The molecule has 0 aliphatic carbocycles. The summed E-state index contributed by atoms with van der Waals surface area (Å²) in [6.45, 7) is 4.55. The van der Waals surface area contributed by atoms with Crippen LogP contribution in [0.4, 0.5) is 0 Å². The van der Waals surface area contributed by atoms with Crippen molar-refractivity contribution in [3.05, 3.63) is 36.2 Å². The van der Waals surface area contributed by atoms with Gasteiger partial charge in [0, 0.05) is 42.8 Å². The number of sulfonamides is 1. The minimum absolute atomic E-state index is 0.391. The minimum Gasteiger partial charge on any atom is -0.315 e. The smallest absolute Gasteiger partial charge is 0.243 e. The quantitative estimate of drug-likeness (QED) is 0.855. The number of rotatable bonds is 2. The molecule has 0 bridgehead atoms. The van der Waals surface area contributed by atoms with Crippen LogP contribution in [0.5, 0.6) is 0 Å². The summed E-state index contributed by atoms with van der Waals surface area (Å²) in [5, 5.41) is 4.88. The highest BCUT2D eigenvalue weighted by molar-refractivity contribution is 7.89. The molecule has 1 aromatic heterocycles. The van der Waals surface area contributed by atoms with Crippen LogP contribution in [0.2, 0.25) is 0 Å². The molecule has 1 aliphatic rings. The fourth-order valence-corrected chi connectivity index (χ4v) is 4.55. The Morgan fingerprint density at radius 3 is 2.90 bits per heavy atom. The second kappa shape index (κ2) is 5.71. The molecule has 1 saturated heterocycles. The normalized spacial score (nSPS) is 17.8. The van der Waals surface area contributed by atoms with Crippen LogP contribution in [0, 0.1) is 6.92 Å². The fourth-order valence-electron chi connectivity index (χ4n) is 2.79. The number of benzene rings is 1. The summed E-state index contributed by atoms with van der Waals surface area (Å²) >= 11 is 0. The second-order valence-corrected chi connectivity index (χ2v) is 7.22. The van der Waals surface area contributed by atoms with Crippen molar-refractivity contribution < 1.29 is 8.42 Å². The van der Waals surface area contributed by atoms with Gasteiger partial charge in [-0.1, -0.05) is 12.1 Å². The van der Waals surface area contributed by atoms with Crippen molar-refractivity contribution in [1.82, 2.24) is 14.6 Å². The summed E-state index contributed by atoms with van der Waals surface area (Å²) in [4.78, 5) is 4.54. The van der Waals surface area contributed by atoms with E-state index in [4.69, 9.17) is 0 Å². The van der Waals surface area contributed by atoms with Crippen LogP contribution < -0.4 is 5.32 Å². The first-order chi connectivity index (χ1) is 10.1. The van der Waals surface area contributed by atoms with Crippen molar-refractivity contribution in [2.24, 2.45) is 0 Å². The maximum absolute atomic E-state index is 13.0. The summed E-state index contributed by atoms with van der Waals surface area (Å²) < 4.78 is 27.6. The van der Waals surface area contributed by atoms with E-state index in [-0.39, 0.29) is 0 Å². The predicted molar refractivity (Wildman–Crippen MR) is 82.7 cm³/mol. The van der Waals surface area contributed by atoms with Crippen LogP contribution in [0.3, 0.4) is 0 Å². The van der Waals surface area contributed by atoms with E-state index in [1.165, 1.54) is 0 Å². The van der Waals surface area contributed by atoms with Gasteiger partial charge in [0.2, 0.25) is 10.0 Å². The maximum atomic E-state index is 13.0. The lowest BCUT2D eigenvalue weighted by molar-refractivity contribution is 0.432. The third-order valence-electron chi connectivity index (χ3n) is 3.85. The molecule has 2 aromatic rings. The molecule has 1 aromatic carbocycles. The van der Waals surface area contributed by atoms with Gasteiger partial charge in [-0.3, -0.25) is 4.98 Å². The van der Waals surface area contributed by atoms with Gasteiger partial charge in [-0.15, -0.1) is 0 Å². The first kappa shape index (κ1) is 14.4. The van der Waals surface area contributed by atoms with Gasteiger partial charge in [-0.05, 0) is 31.5 Å². The first-order valence-electron chi connectivity index (χ1n) is 7.15. The molecule has 1 N–H and O–H groups in total. The van der Waals surface area contributed by atoms with Gasteiger partial charge in [-0.25, -0.2) is 8.42 Å². The summed E-state index contributed by atoms with van der Waals surface area (Å²) in [5.41, 5.74) is 0.889. The van der Waals surface area contributed by atoms with Crippen LogP contribution >= 0.6 is 0 Å². The molecule has 6 heteroatoms. The van der Waals surface area contributed by atoms with Gasteiger partial charge < -0.3 is 5.32 Å². The number of aryl methyl sites for hydroxylation is 1. The predicted octanol–water partition coefficient (Wildman–Crippen LogP) is 1.53. The highest BCUT2D eigenvalue weighted by atomic mass is 32.2. The second-order valence-electron chi connectivity index (χ2n) is 5.32. The van der Waals surface area contributed by atoms with E-state index in [0.29, 0.717) is 24.5 Å². The third-order valence-corrected chi connectivity index (χ3v) is 5.79. The van der Waals surface area contributed by atoms with Crippen LogP contribution in [0.25, 0.3) is 10.8 Å². The molecule has 112 valence electrons. The average molecular weight is 306 g/mol. The van der Waals surface area contributed by atoms with E-state index in [1.54, 1.807) is 28.8 Å². The molecule has 0 amide bonds. The average Bonchev–Trinajstić information content (AvgIpc) is 2.76. The number of aromatic nitrogens is 1. The molecule has 0 unspecified atom stereocenters. The largest absolute Gasteiger partial charge is 0.315 e. The number of fused-ring (bicyclic) bond motifs is 1. The van der Waals surface area contributed by atoms with Crippen LogP contribution in [-0.4, -0.2) is 43.9 Å². The topological polar surface area (TPSA) is 62.3 Å². The number of nitrogens with zero attached hydrogens (tertiary/aromatic N) is 2. The highest BCUT2D eigenvalue weighted by Gasteiger charge is 2.27. The minimum atomic E-state index is -3.47. The van der Waals surface area contributed by atoms with E-state index in [2.05, 4.69) is 10.3 Å². The Hall–Kier alpha value is -1.50. The molecule has 0 radical (unpaired) electrons. The van der Waals surface area contributed by atoms with Crippen LogP contribution in [0.1, 0.15) is 12.0 Å². The van der Waals surface area contributed by atoms with Crippen molar-refractivity contribution in [3.8, 4) is 0 Å². The van der Waals surface area contributed by atoms with Crippen molar-refractivity contribution in [3.63, 3.8) is 0 Å². The Morgan fingerprint density at radius 2 is 2.05 bits per heavy atom. The van der Waals surface area contributed by atoms with Gasteiger partial charge >= 0.3 is 0 Å². The number of hydrogen-bond acceptors (Lipinski definition) is 4. The summed E-state index contributed by atoms with van der Waals surface area (Å²) in [6.07, 6.45) is 4.27. The third kappa shape index (κ3) is 2.66. The van der Waals surface area contributed by atoms with Gasteiger partial charge in [0.15, 0.2) is 0 Å². The zero-order valence-corrected chi connectivity index (χ0v) is 12.9. The maximum Gasteiger partial charge on any atom is 0.243 e. The Balaban J connectivity index is 2.14. The number of hydrogen-bond donors (Lipinski definition) is 1. The molecule has 0 atom stereocenters. The summed E-state index contributed by atoms with van der Waals surface area (Å²) in [6, 6.07) is 5.38. The molecule has 5 nitrogen and oxygen atoms in total. The van der Waals surface area contributed by atoms with E-state index in [9.17, 15) is 8.42 Å². The Kier molecular flexibility index (Phi) is 3.93. The Morgan fingerprint density at radius 1 is 1.19 bits per heavy atom. The molecular formula is C15H19N3O2S. The zero-order chi connectivity index (χ0) is 14.9. The summed E-state index contributed by atoms with van der Waals surface area (Å²) in [7, 11) is -3.47. The highest BCUT2D eigenvalue weighted by Crippen LogP contribution is 2.28. The van der Waals surface area contributed by atoms with Gasteiger partial charge in [0.1, 0.15) is 0 Å². The Labute approximate surface area is 125 Å². The van der Waals surface area contributed by atoms with E-state index in [1.807, 2.05) is 13.0 Å². The number of pyridine rings is 1. The molecule has 2 heterocycles. The van der Waals surface area contributed by atoms with Crippen LogP contribution in [0.15, 0.2) is 35.5 Å². The summed E-state index contributed by atoms with van der Waals surface area (Å²) in [5.74, 6) is 0. The molecule has 0 saturated carbocycles. The van der Waals surface area contributed by atoms with Crippen LogP contribution in [-0.2, 0) is 10.0 Å². The molecule has 21 heavy (non-hydrogen) atoms. The van der Waals surface area contributed by atoms with Crippen molar-refractivity contribution in [1.29, 1.82) is 0 Å². The van der Waals surface area contributed by atoms with E-state index in [0.717, 1.165) is 29.3 Å². The van der Waals surface area contributed by atoms with Crippen molar-refractivity contribution >= 4 is 20.8 Å². The lowest BCUT2D eigenvalue weighted by atomic mass is 10.1. The lowest BCUT2D eigenvalue weighted by Crippen LogP contribution is -2.34. The van der Waals surface area contributed by atoms with Crippen molar-refractivity contribution in [2.45, 2.75) is 18.2 Å². The molecule has 1 aliphatic heterocycles. The van der Waals surface area contributed by atoms with Crippen molar-refractivity contribution in [2.75, 3.05) is 26.2 Å². The fraction of sp³-hybridized carbons (Fsp3) is 0.400. The lowest BCUT2D eigenvalue weighted by Gasteiger charge is -2.21. The first-order valence-corrected chi connectivity index (χ1v) is 8.59. The standard InChI is InChI=1S/C15H19N3O2S/c1-12-10-17-11-13-4-2-5-14(15(12)13)21(19,20)18-8-3-6-16-7-9-18/h2,4-5,10-11,16H,3,6-9H2,1H3/i1+1. The Bertz CT molecular complexity index is 745. The van der Waals surface area contributed by atoms with Gasteiger partial charge in [-0.2, -0.15) is 4.31 Å². The molecule has 1 fully saturated rings. The monoisotopic (exact) mass is 306 g/mol. The van der Waals surface area contributed by atoms with Gasteiger partial charge in [0.25, 0.3) is 0 Å². The zero-order valence-electron chi connectivity index (χ0n) is 12.0. The molecular weight excluding hydrogens is 287 g/mol. The van der Waals surface area contributed by atoms with E-state index < -0.39 is 10.0 Å².